The molecule has 0 aliphatic heterocycles. The number of nitrogens with zero attached hydrogens (tertiary/aromatic N) is 4. The minimum atomic E-state index is -0.466. The van der Waals surface area contributed by atoms with Crippen LogP contribution < -0.4 is 5.56 Å². The normalized spacial score (nSPS) is 11.1. The van der Waals surface area contributed by atoms with Gasteiger partial charge in [0.2, 0.25) is 0 Å². The molecule has 0 radical (unpaired) electrons. The van der Waals surface area contributed by atoms with Gasteiger partial charge in [0.15, 0.2) is 5.52 Å². The molecule has 2 aromatic carbocycles. The second-order valence-electron chi connectivity index (χ2n) is 6.16. The van der Waals surface area contributed by atoms with Crippen molar-refractivity contribution in [3.05, 3.63) is 84.6 Å². The number of benzene rings is 2. The van der Waals surface area contributed by atoms with Gasteiger partial charge in [-0.2, -0.15) is 5.10 Å². The molecular formula is C19H13ClN4O3S. The maximum Gasteiger partial charge on any atom is 0.294 e. The van der Waals surface area contributed by atoms with E-state index in [-0.39, 0.29) is 17.8 Å². The molecule has 0 saturated carbocycles. The van der Waals surface area contributed by atoms with Gasteiger partial charge in [-0.15, -0.1) is 11.3 Å². The number of rotatable bonds is 4. The molecule has 7 nitrogen and oxygen atoms in total. The molecule has 9 heteroatoms. The predicted molar refractivity (Wildman–Crippen MR) is 109 cm³/mol. The van der Waals surface area contributed by atoms with Crippen molar-refractivity contribution in [3.63, 3.8) is 0 Å². The number of thiazole rings is 1. The summed E-state index contributed by atoms with van der Waals surface area (Å²) in [6, 6.07) is 13.3. The summed E-state index contributed by atoms with van der Waals surface area (Å²) in [6.45, 7) is 1.94. The summed E-state index contributed by atoms with van der Waals surface area (Å²) in [5, 5.41) is 16.9. The lowest BCUT2D eigenvalue weighted by atomic mass is 10.1. The van der Waals surface area contributed by atoms with Crippen LogP contribution in [-0.4, -0.2) is 19.7 Å². The number of fused-ring (bicyclic) bond motifs is 1. The monoisotopic (exact) mass is 412 g/mol. The van der Waals surface area contributed by atoms with Crippen LogP contribution in [0.25, 0.3) is 21.5 Å². The van der Waals surface area contributed by atoms with Crippen molar-refractivity contribution >= 4 is 38.8 Å². The first-order valence-corrected chi connectivity index (χ1v) is 9.49. The van der Waals surface area contributed by atoms with Gasteiger partial charge in [-0.05, 0) is 24.6 Å². The topological polar surface area (TPSA) is 90.9 Å². The average molecular weight is 413 g/mol. The summed E-state index contributed by atoms with van der Waals surface area (Å²) in [5.41, 5.74) is 2.02. The molecule has 2 heterocycles. The van der Waals surface area contributed by atoms with Gasteiger partial charge in [-0.25, -0.2) is 9.67 Å². The van der Waals surface area contributed by atoms with Crippen molar-refractivity contribution in [1.82, 2.24) is 14.8 Å². The molecule has 2 aromatic heterocycles. The first-order valence-electron chi connectivity index (χ1n) is 8.30. The quantitative estimate of drug-likeness (QED) is 0.365. The van der Waals surface area contributed by atoms with E-state index in [1.54, 1.807) is 24.3 Å². The highest BCUT2D eigenvalue weighted by Gasteiger charge is 2.17. The van der Waals surface area contributed by atoms with E-state index >= 15 is 0 Å². The predicted octanol–water partition coefficient (Wildman–Crippen LogP) is 4.44. The number of hydrogen-bond acceptors (Lipinski definition) is 6. The number of non-ortho nitro benzene ring substituents is 1. The Morgan fingerprint density at radius 3 is 2.68 bits per heavy atom. The lowest BCUT2D eigenvalue weighted by Crippen LogP contribution is -2.24. The Balaban J connectivity index is 1.88. The molecule has 28 heavy (non-hydrogen) atoms. The zero-order chi connectivity index (χ0) is 19.8. The Hall–Kier alpha value is -3.10. The number of nitro benzene ring substituents is 1. The Morgan fingerprint density at radius 2 is 1.96 bits per heavy atom. The van der Waals surface area contributed by atoms with Crippen LogP contribution >= 0.6 is 22.9 Å². The summed E-state index contributed by atoms with van der Waals surface area (Å²) in [5.74, 6) is 0. The molecule has 4 aromatic rings. The third-order valence-corrected chi connectivity index (χ3v) is 5.41. The highest BCUT2D eigenvalue weighted by Crippen LogP contribution is 2.30. The highest BCUT2D eigenvalue weighted by molar-refractivity contribution is 7.19. The van der Waals surface area contributed by atoms with Crippen molar-refractivity contribution in [3.8, 4) is 11.3 Å². The minimum Gasteiger partial charge on any atom is -0.265 e. The van der Waals surface area contributed by atoms with E-state index in [1.165, 1.54) is 28.2 Å². The van der Waals surface area contributed by atoms with Crippen LogP contribution in [0.4, 0.5) is 5.69 Å². The first-order chi connectivity index (χ1) is 13.4. The summed E-state index contributed by atoms with van der Waals surface area (Å²) in [7, 11) is 0. The molecule has 0 bridgehead atoms. The molecule has 0 amide bonds. The van der Waals surface area contributed by atoms with E-state index in [0.717, 1.165) is 10.6 Å². The number of aryl methyl sites for hydroxylation is 1. The highest BCUT2D eigenvalue weighted by atomic mass is 35.5. The van der Waals surface area contributed by atoms with Crippen molar-refractivity contribution < 1.29 is 4.92 Å². The molecule has 0 aliphatic carbocycles. The van der Waals surface area contributed by atoms with Gasteiger partial charge in [0, 0.05) is 22.7 Å². The second kappa shape index (κ2) is 7.14. The van der Waals surface area contributed by atoms with Gasteiger partial charge in [0.1, 0.15) is 5.69 Å². The van der Waals surface area contributed by atoms with Crippen LogP contribution in [0.15, 0.2) is 53.3 Å². The third-order valence-electron chi connectivity index (χ3n) is 4.18. The van der Waals surface area contributed by atoms with Crippen molar-refractivity contribution in [2.24, 2.45) is 0 Å². The fourth-order valence-corrected chi connectivity index (χ4v) is 3.95. The lowest BCUT2D eigenvalue weighted by Gasteiger charge is -2.09. The smallest absolute Gasteiger partial charge is 0.265 e. The van der Waals surface area contributed by atoms with Crippen LogP contribution in [0.5, 0.6) is 0 Å². The maximum absolute atomic E-state index is 12.9. The van der Waals surface area contributed by atoms with Crippen LogP contribution in [0.2, 0.25) is 5.02 Å². The second-order valence-corrected chi connectivity index (χ2v) is 7.80. The van der Waals surface area contributed by atoms with Gasteiger partial charge in [-0.1, -0.05) is 35.9 Å². The van der Waals surface area contributed by atoms with Crippen LogP contribution in [0.1, 0.15) is 10.6 Å². The summed E-state index contributed by atoms with van der Waals surface area (Å²) in [4.78, 5) is 27.8. The van der Waals surface area contributed by atoms with Crippen LogP contribution in [0, 0.1) is 17.0 Å². The SMILES string of the molecule is Cc1nc2c(=O)n(Cc3cccc([N+](=O)[O-])c3)nc(-c3ccc(Cl)cc3)c2s1. The zero-order valence-electron chi connectivity index (χ0n) is 14.6. The van der Waals surface area contributed by atoms with Crippen LogP contribution in [0.3, 0.4) is 0 Å². The van der Waals surface area contributed by atoms with Gasteiger partial charge < -0.3 is 0 Å². The molecule has 0 fully saturated rings. The summed E-state index contributed by atoms with van der Waals surface area (Å²) < 4.78 is 2.00. The number of nitro groups is 1. The van der Waals surface area contributed by atoms with Gasteiger partial charge >= 0.3 is 0 Å². The zero-order valence-corrected chi connectivity index (χ0v) is 16.2. The Labute approximate surface area is 168 Å². The minimum absolute atomic E-state index is 0.0333. The fraction of sp³-hybridized carbons (Fsp3) is 0.105. The average Bonchev–Trinajstić information content (AvgIpc) is 3.07. The molecule has 0 spiro atoms. The molecule has 0 N–H and O–H groups in total. The molecule has 0 unspecified atom stereocenters. The first kappa shape index (κ1) is 18.3. The Morgan fingerprint density at radius 1 is 1.21 bits per heavy atom. The molecule has 0 aliphatic rings. The van der Waals surface area contributed by atoms with Crippen molar-refractivity contribution in [1.29, 1.82) is 0 Å². The summed E-state index contributed by atoms with van der Waals surface area (Å²) in [6.07, 6.45) is 0. The van der Waals surface area contributed by atoms with E-state index < -0.39 is 4.92 Å². The molecule has 140 valence electrons. The standard InChI is InChI=1S/C19H13ClN4O3S/c1-11-21-17-18(28-11)16(13-5-7-14(20)8-6-13)22-23(19(17)25)10-12-3-2-4-15(9-12)24(26)27/h2-9H,10H2,1H3. The van der Waals surface area contributed by atoms with Gasteiger partial charge in [-0.3, -0.25) is 14.9 Å². The molecule has 0 saturated heterocycles. The summed E-state index contributed by atoms with van der Waals surface area (Å²) >= 11 is 7.39. The van der Waals surface area contributed by atoms with Crippen LogP contribution in [-0.2, 0) is 6.54 Å². The van der Waals surface area contributed by atoms with E-state index in [9.17, 15) is 14.9 Å². The van der Waals surface area contributed by atoms with E-state index in [4.69, 9.17) is 11.6 Å². The van der Waals surface area contributed by atoms with E-state index in [2.05, 4.69) is 10.1 Å². The largest absolute Gasteiger partial charge is 0.294 e. The van der Waals surface area contributed by atoms with E-state index in [1.807, 2.05) is 19.1 Å². The van der Waals surface area contributed by atoms with Gasteiger partial charge in [0.05, 0.1) is 21.2 Å². The Bertz CT molecular complexity index is 1260. The molecular weight excluding hydrogens is 400 g/mol. The lowest BCUT2D eigenvalue weighted by molar-refractivity contribution is -0.384. The van der Waals surface area contributed by atoms with Crippen molar-refractivity contribution in [2.45, 2.75) is 13.5 Å². The van der Waals surface area contributed by atoms with Gasteiger partial charge in [0.25, 0.3) is 11.2 Å². The fourth-order valence-electron chi connectivity index (χ4n) is 2.91. The third kappa shape index (κ3) is 3.39. The van der Waals surface area contributed by atoms with Crippen molar-refractivity contribution in [2.75, 3.05) is 0 Å². The molecule has 4 rings (SSSR count). The molecule has 0 atom stereocenters. The maximum atomic E-state index is 12.9. The number of aromatic nitrogens is 3. The number of halogens is 1. The Kier molecular flexibility index (Phi) is 4.66. The van der Waals surface area contributed by atoms with E-state index in [0.29, 0.717) is 26.5 Å². The number of hydrogen-bond donors (Lipinski definition) is 0.